The summed E-state index contributed by atoms with van der Waals surface area (Å²) in [5.74, 6) is 1.97. The number of hydrogen-bond acceptors (Lipinski definition) is 3. The van der Waals surface area contributed by atoms with Crippen molar-refractivity contribution in [3.8, 4) is 0 Å². The third kappa shape index (κ3) is 9.09. The third-order valence-electron chi connectivity index (χ3n) is 9.11. The van der Waals surface area contributed by atoms with E-state index in [1.54, 1.807) is 11.8 Å². The molecule has 2 aliphatic rings. The first kappa shape index (κ1) is 32.7. The average molecular weight is 556 g/mol. The molecule has 3 heteroatoms. The molecular formula is C38H57N3. The Hall–Kier alpha value is -2.81. The van der Waals surface area contributed by atoms with E-state index in [1.807, 2.05) is 20.1 Å². The van der Waals surface area contributed by atoms with Crippen molar-refractivity contribution in [2.24, 2.45) is 22.6 Å². The van der Waals surface area contributed by atoms with E-state index in [0.717, 1.165) is 24.1 Å². The molecule has 2 aliphatic carbocycles. The van der Waals surface area contributed by atoms with Gasteiger partial charge in [-0.3, -0.25) is 4.99 Å². The Labute approximate surface area is 252 Å². The molecule has 0 amide bonds. The summed E-state index contributed by atoms with van der Waals surface area (Å²) in [7, 11) is 0. The summed E-state index contributed by atoms with van der Waals surface area (Å²) in [6.07, 6.45) is 16.4. The van der Waals surface area contributed by atoms with Gasteiger partial charge < -0.3 is 10.6 Å². The van der Waals surface area contributed by atoms with Crippen LogP contribution in [0.25, 0.3) is 5.57 Å². The number of aryl methyl sites for hydroxylation is 2. The lowest BCUT2D eigenvalue weighted by Gasteiger charge is -2.38. The van der Waals surface area contributed by atoms with Gasteiger partial charge >= 0.3 is 0 Å². The predicted molar refractivity (Wildman–Crippen MR) is 182 cm³/mol. The van der Waals surface area contributed by atoms with Crippen molar-refractivity contribution in [3.05, 3.63) is 83.2 Å². The van der Waals surface area contributed by atoms with Crippen LogP contribution in [0.4, 0.5) is 5.69 Å². The molecule has 2 N–H and O–H groups in total. The highest BCUT2D eigenvalue weighted by Crippen LogP contribution is 2.40. The Morgan fingerprint density at radius 2 is 1.71 bits per heavy atom. The molecule has 0 atom stereocenters. The zero-order valence-corrected chi connectivity index (χ0v) is 27.0. The number of rotatable bonds is 10. The summed E-state index contributed by atoms with van der Waals surface area (Å²) in [5, 5.41) is 0. The number of hydrogen-bond donors (Lipinski definition) is 1. The van der Waals surface area contributed by atoms with Gasteiger partial charge in [0.1, 0.15) is 0 Å². The topological polar surface area (TPSA) is 41.6 Å². The molecule has 3 nitrogen and oxygen atoms in total. The van der Waals surface area contributed by atoms with Crippen molar-refractivity contribution in [2.45, 2.75) is 118 Å². The molecule has 41 heavy (non-hydrogen) atoms. The molecule has 2 fully saturated rings. The minimum Gasteiger partial charge on any atom is -0.404 e. The molecule has 224 valence electrons. The molecular weight excluding hydrogens is 498 g/mol. The maximum atomic E-state index is 6.05. The Morgan fingerprint density at radius 3 is 2.32 bits per heavy atom. The molecule has 2 saturated carbocycles. The van der Waals surface area contributed by atoms with Crippen LogP contribution >= 0.6 is 0 Å². The van der Waals surface area contributed by atoms with E-state index in [2.05, 4.69) is 80.1 Å². The van der Waals surface area contributed by atoms with Crippen LogP contribution in [-0.4, -0.2) is 18.8 Å². The number of nitrogens with two attached hydrogens (primary N) is 1. The maximum absolute atomic E-state index is 6.05. The Morgan fingerprint density at radius 1 is 1.00 bits per heavy atom. The van der Waals surface area contributed by atoms with Crippen molar-refractivity contribution in [1.29, 1.82) is 0 Å². The predicted octanol–water partition coefficient (Wildman–Crippen LogP) is 10.2. The second-order valence-corrected chi connectivity index (χ2v) is 12.2. The van der Waals surface area contributed by atoms with Gasteiger partial charge in [0.15, 0.2) is 0 Å². The molecule has 0 spiro atoms. The third-order valence-corrected chi connectivity index (χ3v) is 9.11. The summed E-state index contributed by atoms with van der Waals surface area (Å²) < 4.78 is 0. The van der Waals surface area contributed by atoms with Crippen LogP contribution in [0.3, 0.4) is 0 Å². The number of benzene rings is 2. The van der Waals surface area contributed by atoms with E-state index in [-0.39, 0.29) is 6.04 Å². The first-order valence-electron chi connectivity index (χ1n) is 16.5. The molecule has 4 rings (SSSR count). The van der Waals surface area contributed by atoms with Gasteiger partial charge in [0.05, 0.1) is 0 Å². The van der Waals surface area contributed by atoms with E-state index in [1.165, 1.54) is 80.3 Å². The van der Waals surface area contributed by atoms with Crippen molar-refractivity contribution < 1.29 is 0 Å². The van der Waals surface area contributed by atoms with Crippen molar-refractivity contribution in [2.75, 3.05) is 11.4 Å². The minimum absolute atomic E-state index is 0.245. The van der Waals surface area contributed by atoms with Gasteiger partial charge in [-0.15, -0.1) is 0 Å². The van der Waals surface area contributed by atoms with Crippen LogP contribution in [-0.2, 0) is 6.42 Å². The van der Waals surface area contributed by atoms with Crippen molar-refractivity contribution in [3.63, 3.8) is 0 Å². The summed E-state index contributed by atoms with van der Waals surface area (Å²) in [6.45, 7) is 18.5. The van der Waals surface area contributed by atoms with Gasteiger partial charge in [0.25, 0.3) is 0 Å². The van der Waals surface area contributed by atoms with Gasteiger partial charge in [-0.2, -0.15) is 0 Å². The van der Waals surface area contributed by atoms with E-state index in [4.69, 9.17) is 12.3 Å². The molecule has 0 heterocycles. The van der Waals surface area contributed by atoms with Crippen molar-refractivity contribution >= 4 is 17.5 Å². The molecule has 0 saturated heterocycles. The molecule has 0 radical (unpaired) electrons. The van der Waals surface area contributed by atoms with Gasteiger partial charge in [-0.05, 0) is 118 Å². The van der Waals surface area contributed by atoms with Gasteiger partial charge in [0.2, 0.25) is 0 Å². The minimum atomic E-state index is 0.245. The Kier molecular flexibility index (Phi) is 13.2. The average Bonchev–Trinajstić information content (AvgIpc) is 3.01. The molecule has 2 aromatic carbocycles. The molecule has 0 unspecified atom stereocenters. The molecule has 0 bridgehead atoms. The highest BCUT2D eigenvalue weighted by atomic mass is 15.1. The molecule has 0 aromatic heterocycles. The summed E-state index contributed by atoms with van der Waals surface area (Å²) >= 11 is 0. The zero-order valence-electron chi connectivity index (χ0n) is 27.0. The fourth-order valence-electron chi connectivity index (χ4n) is 6.65. The molecule has 0 aliphatic heterocycles. The number of aliphatic imine (C=N–C) groups is 1. The van der Waals surface area contributed by atoms with Gasteiger partial charge in [0, 0.05) is 42.0 Å². The second kappa shape index (κ2) is 16.6. The summed E-state index contributed by atoms with van der Waals surface area (Å²) in [4.78, 5) is 7.16. The van der Waals surface area contributed by atoms with Crippen LogP contribution in [0.1, 0.15) is 121 Å². The van der Waals surface area contributed by atoms with Crippen LogP contribution in [0, 0.1) is 18.8 Å². The lowest BCUT2D eigenvalue weighted by molar-refractivity contribution is 0.323. The summed E-state index contributed by atoms with van der Waals surface area (Å²) in [5.41, 5.74) is 15.2. The van der Waals surface area contributed by atoms with Crippen molar-refractivity contribution in [1.82, 2.24) is 0 Å². The largest absolute Gasteiger partial charge is 0.404 e. The smallest absolute Gasteiger partial charge is 0.0443 e. The highest BCUT2D eigenvalue weighted by Gasteiger charge is 2.28. The highest BCUT2D eigenvalue weighted by molar-refractivity contribution is 6.09. The van der Waals surface area contributed by atoms with Crippen LogP contribution in [0.15, 0.2) is 65.9 Å². The fraction of sp³-hybridized carbons (Fsp3) is 0.553. The van der Waals surface area contributed by atoms with Gasteiger partial charge in [-0.1, -0.05) is 76.9 Å². The van der Waals surface area contributed by atoms with Crippen LogP contribution in [0.5, 0.6) is 0 Å². The molecule has 2 aromatic rings. The van der Waals surface area contributed by atoms with E-state index < -0.39 is 0 Å². The Bertz CT molecular complexity index is 1140. The Balaban J connectivity index is 0.00000226. The van der Waals surface area contributed by atoms with E-state index in [0.29, 0.717) is 17.8 Å². The zero-order chi connectivity index (χ0) is 29.8. The number of allylic oxidation sites excluding steroid dienone is 2. The van der Waals surface area contributed by atoms with E-state index >= 15 is 0 Å². The quantitative estimate of drug-likeness (QED) is 0.296. The monoisotopic (exact) mass is 555 g/mol. The van der Waals surface area contributed by atoms with Crippen LogP contribution < -0.4 is 10.6 Å². The first-order valence-corrected chi connectivity index (χ1v) is 16.5. The SMILES string of the molecule is C=C(C1CCCCC1)N(CC1CCC(c2ccc(CC)c(C)c2)CC1)c1cccc(/C(C=NC(C)C)=C/N)c1.CC. The number of anilines is 1. The van der Waals surface area contributed by atoms with Crippen LogP contribution in [0.2, 0.25) is 0 Å². The number of nitrogens with zero attached hydrogens (tertiary/aromatic N) is 2. The van der Waals surface area contributed by atoms with Gasteiger partial charge in [-0.25, -0.2) is 0 Å². The maximum Gasteiger partial charge on any atom is 0.0443 e. The fourth-order valence-corrected chi connectivity index (χ4v) is 6.65. The standard InChI is InChI=1S/C36H51N3.C2H6/c1-6-30-19-20-34(21-27(30)4)32-17-15-29(16-18-32)25-39(28(5)31-11-8-7-9-12-31)36-14-10-13-33(22-36)35(23-37)24-38-26(2)3;1-2/h10,13-14,19-24,26,29,31-32H,5-9,11-12,15-18,25,37H2,1-4H3;1-2H3/b35-23+,38-24?;. The summed E-state index contributed by atoms with van der Waals surface area (Å²) in [6, 6.07) is 16.3. The lowest BCUT2D eigenvalue weighted by Crippen LogP contribution is -2.34. The second-order valence-electron chi connectivity index (χ2n) is 12.2. The normalized spacial score (nSPS) is 20.1. The lowest BCUT2D eigenvalue weighted by atomic mass is 9.77. The first-order chi connectivity index (χ1) is 19.9. The van der Waals surface area contributed by atoms with E-state index in [9.17, 15) is 0 Å².